The third-order valence-electron chi connectivity index (χ3n) is 2.94. The molecular weight excluding hydrogens is 190 g/mol. The molecule has 1 unspecified atom stereocenters. The van der Waals surface area contributed by atoms with Crippen LogP contribution in [-0.2, 0) is 11.2 Å². The van der Waals surface area contributed by atoms with Crippen LogP contribution in [0.5, 0.6) is 0 Å². The van der Waals surface area contributed by atoms with Crippen molar-refractivity contribution >= 4 is 11.7 Å². The van der Waals surface area contributed by atoms with Crippen LogP contribution >= 0.6 is 0 Å². The normalized spacial score (nSPS) is 16.3. The molecule has 2 rings (SSSR count). The maximum Gasteiger partial charge on any atom is 0.310 e. The summed E-state index contributed by atoms with van der Waals surface area (Å²) in [6.45, 7) is 2.70. The maximum atomic E-state index is 10.8. The van der Waals surface area contributed by atoms with Crippen LogP contribution in [0.4, 0.5) is 5.69 Å². The zero-order chi connectivity index (χ0) is 10.8. The minimum Gasteiger partial charge on any atom is -0.481 e. The molecule has 1 aliphatic heterocycles. The maximum absolute atomic E-state index is 10.8. The molecule has 0 saturated carbocycles. The van der Waals surface area contributed by atoms with Gasteiger partial charge < -0.3 is 10.4 Å². The molecule has 3 nitrogen and oxygen atoms in total. The van der Waals surface area contributed by atoms with Crippen LogP contribution in [0.3, 0.4) is 0 Å². The van der Waals surface area contributed by atoms with Gasteiger partial charge in [0.2, 0.25) is 0 Å². The Morgan fingerprint density at radius 1 is 1.53 bits per heavy atom. The highest BCUT2D eigenvalue weighted by atomic mass is 16.4. The van der Waals surface area contributed by atoms with E-state index in [1.165, 1.54) is 5.56 Å². The van der Waals surface area contributed by atoms with Gasteiger partial charge in [0.15, 0.2) is 0 Å². The first-order valence-corrected chi connectivity index (χ1v) is 5.28. The first-order valence-electron chi connectivity index (χ1n) is 5.28. The van der Waals surface area contributed by atoms with Gasteiger partial charge >= 0.3 is 5.97 Å². The molecule has 0 aliphatic carbocycles. The molecule has 1 heterocycles. The molecular formula is C12H15NO2. The summed E-state index contributed by atoms with van der Waals surface area (Å²) >= 11 is 0. The SMILES string of the molecule is CC(C(=O)O)c1ccc2c(c1)NCCC2. The van der Waals surface area contributed by atoms with Crippen molar-refractivity contribution in [2.75, 3.05) is 11.9 Å². The summed E-state index contributed by atoms with van der Waals surface area (Å²) in [6, 6.07) is 5.92. The zero-order valence-corrected chi connectivity index (χ0v) is 8.79. The molecule has 0 radical (unpaired) electrons. The van der Waals surface area contributed by atoms with Crippen LogP contribution in [0.15, 0.2) is 18.2 Å². The highest BCUT2D eigenvalue weighted by molar-refractivity contribution is 5.76. The molecule has 0 amide bonds. The fourth-order valence-corrected chi connectivity index (χ4v) is 1.89. The lowest BCUT2D eigenvalue weighted by Crippen LogP contribution is -2.13. The number of rotatable bonds is 2. The summed E-state index contributed by atoms with van der Waals surface area (Å²) in [5.41, 5.74) is 3.27. The summed E-state index contributed by atoms with van der Waals surface area (Å²) < 4.78 is 0. The largest absolute Gasteiger partial charge is 0.481 e. The summed E-state index contributed by atoms with van der Waals surface area (Å²) in [5.74, 6) is -1.20. The summed E-state index contributed by atoms with van der Waals surface area (Å²) in [4.78, 5) is 10.8. The van der Waals surface area contributed by atoms with Gasteiger partial charge in [0, 0.05) is 12.2 Å². The van der Waals surface area contributed by atoms with Crippen molar-refractivity contribution in [1.82, 2.24) is 0 Å². The van der Waals surface area contributed by atoms with Crippen LogP contribution in [0.1, 0.15) is 30.4 Å². The van der Waals surface area contributed by atoms with E-state index in [1.54, 1.807) is 6.92 Å². The lowest BCUT2D eigenvalue weighted by atomic mass is 9.95. The van der Waals surface area contributed by atoms with E-state index in [9.17, 15) is 4.79 Å². The Bertz CT molecular complexity index is 387. The minimum absolute atomic E-state index is 0.431. The third kappa shape index (κ3) is 1.96. The van der Waals surface area contributed by atoms with Gasteiger partial charge in [-0.15, -0.1) is 0 Å². The topological polar surface area (TPSA) is 49.3 Å². The summed E-state index contributed by atoms with van der Waals surface area (Å²) in [6.07, 6.45) is 2.24. The number of aliphatic carboxylic acids is 1. The van der Waals surface area contributed by atoms with E-state index in [0.717, 1.165) is 30.6 Å². The Hall–Kier alpha value is -1.51. The second-order valence-corrected chi connectivity index (χ2v) is 4.01. The predicted molar refractivity (Wildman–Crippen MR) is 59.3 cm³/mol. The number of anilines is 1. The van der Waals surface area contributed by atoms with Crippen molar-refractivity contribution in [3.63, 3.8) is 0 Å². The van der Waals surface area contributed by atoms with E-state index in [1.807, 2.05) is 18.2 Å². The molecule has 1 aromatic rings. The van der Waals surface area contributed by atoms with Crippen molar-refractivity contribution in [3.05, 3.63) is 29.3 Å². The van der Waals surface area contributed by atoms with Gasteiger partial charge in [0.1, 0.15) is 0 Å². The first-order chi connectivity index (χ1) is 7.18. The second-order valence-electron chi connectivity index (χ2n) is 4.01. The number of nitrogens with one attached hydrogen (secondary N) is 1. The van der Waals surface area contributed by atoms with E-state index >= 15 is 0 Å². The van der Waals surface area contributed by atoms with E-state index in [2.05, 4.69) is 5.32 Å². The number of carboxylic acid groups (broad SMARTS) is 1. The number of carbonyl (C=O) groups is 1. The van der Waals surface area contributed by atoms with Crippen LogP contribution in [0, 0.1) is 0 Å². The minimum atomic E-state index is -0.772. The lowest BCUT2D eigenvalue weighted by molar-refractivity contribution is -0.138. The van der Waals surface area contributed by atoms with Crippen LogP contribution < -0.4 is 5.32 Å². The molecule has 80 valence electrons. The van der Waals surface area contributed by atoms with Crippen LogP contribution in [0.2, 0.25) is 0 Å². The number of fused-ring (bicyclic) bond motifs is 1. The Labute approximate surface area is 89.1 Å². The number of carboxylic acids is 1. The van der Waals surface area contributed by atoms with Gasteiger partial charge in [-0.3, -0.25) is 4.79 Å². The van der Waals surface area contributed by atoms with Crippen molar-refractivity contribution < 1.29 is 9.90 Å². The predicted octanol–water partition coefficient (Wildman–Crippen LogP) is 2.23. The molecule has 2 N–H and O–H groups in total. The average molecular weight is 205 g/mol. The van der Waals surface area contributed by atoms with Gasteiger partial charge in [-0.1, -0.05) is 12.1 Å². The van der Waals surface area contributed by atoms with E-state index in [4.69, 9.17) is 5.11 Å². The second kappa shape index (κ2) is 3.93. The summed E-state index contributed by atoms with van der Waals surface area (Å²) in [5, 5.41) is 12.2. The molecule has 15 heavy (non-hydrogen) atoms. The van der Waals surface area contributed by atoms with Gasteiger partial charge in [-0.05, 0) is 37.0 Å². The number of hydrogen-bond acceptors (Lipinski definition) is 2. The number of hydrogen-bond donors (Lipinski definition) is 2. The van der Waals surface area contributed by atoms with Crippen molar-refractivity contribution in [2.24, 2.45) is 0 Å². The highest BCUT2D eigenvalue weighted by Gasteiger charge is 2.16. The highest BCUT2D eigenvalue weighted by Crippen LogP contribution is 2.26. The molecule has 0 spiro atoms. The summed E-state index contributed by atoms with van der Waals surface area (Å²) in [7, 11) is 0. The van der Waals surface area contributed by atoms with Crippen LogP contribution in [0.25, 0.3) is 0 Å². The Morgan fingerprint density at radius 2 is 2.33 bits per heavy atom. The molecule has 0 fully saturated rings. The van der Waals surface area contributed by atoms with E-state index < -0.39 is 11.9 Å². The first kappa shape index (κ1) is 10.0. The van der Waals surface area contributed by atoms with Gasteiger partial charge in [-0.25, -0.2) is 0 Å². The Balaban J connectivity index is 2.31. The number of aryl methyl sites for hydroxylation is 1. The van der Waals surface area contributed by atoms with Crippen molar-refractivity contribution in [1.29, 1.82) is 0 Å². The molecule has 1 aromatic carbocycles. The zero-order valence-electron chi connectivity index (χ0n) is 8.79. The molecule has 1 aliphatic rings. The average Bonchev–Trinajstić information content (AvgIpc) is 2.27. The quantitative estimate of drug-likeness (QED) is 0.778. The lowest BCUT2D eigenvalue weighted by Gasteiger charge is -2.19. The standard InChI is InChI=1S/C12H15NO2/c1-8(12(14)15)10-5-4-9-3-2-6-13-11(9)7-10/h4-5,7-8,13H,2-3,6H2,1H3,(H,14,15). The third-order valence-corrected chi connectivity index (χ3v) is 2.94. The molecule has 0 aromatic heterocycles. The van der Waals surface area contributed by atoms with Gasteiger partial charge in [-0.2, -0.15) is 0 Å². The van der Waals surface area contributed by atoms with Crippen molar-refractivity contribution in [2.45, 2.75) is 25.7 Å². The van der Waals surface area contributed by atoms with Crippen LogP contribution in [-0.4, -0.2) is 17.6 Å². The van der Waals surface area contributed by atoms with Gasteiger partial charge in [0.05, 0.1) is 5.92 Å². The van der Waals surface area contributed by atoms with E-state index in [-0.39, 0.29) is 0 Å². The van der Waals surface area contributed by atoms with E-state index in [0.29, 0.717) is 0 Å². The number of benzene rings is 1. The Kier molecular flexibility index (Phi) is 2.62. The fourth-order valence-electron chi connectivity index (χ4n) is 1.89. The smallest absolute Gasteiger partial charge is 0.310 e. The fraction of sp³-hybridized carbons (Fsp3) is 0.417. The molecule has 3 heteroatoms. The monoisotopic (exact) mass is 205 g/mol. The van der Waals surface area contributed by atoms with Gasteiger partial charge in [0.25, 0.3) is 0 Å². The molecule has 1 atom stereocenters. The Morgan fingerprint density at radius 3 is 3.07 bits per heavy atom. The molecule has 0 bridgehead atoms. The molecule has 0 saturated heterocycles. The van der Waals surface area contributed by atoms with Crippen molar-refractivity contribution in [3.8, 4) is 0 Å².